The fourth-order valence-electron chi connectivity index (χ4n) is 2.47. The molecule has 0 radical (unpaired) electrons. The number of anilines is 3. The minimum absolute atomic E-state index is 0.233. The van der Waals surface area contributed by atoms with E-state index in [1.807, 2.05) is 43.5 Å². The number of furan rings is 1. The molecular weight excluding hydrogens is 424 g/mol. The van der Waals surface area contributed by atoms with Crippen molar-refractivity contribution in [1.29, 1.82) is 0 Å². The number of aromatic nitrogens is 4. The Morgan fingerprint density at radius 1 is 1.00 bits per heavy atom. The van der Waals surface area contributed by atoms with Crippen molar-refractivity contribution in [1.82, 2.24) is 20.0 Å². The maximum atomic E-state index is 12.1. The number of halogens is 1. The van der Waals surface area contributed by atoms with E-state index in [1.54, 1.807) is 28.9 Å². The Morgan fingerprint density at radius 2 is 1.79 bits per heavy atom. The van der Waals surface area contributed by atoms with Crippen molar-refractivity contribution in [3.63, 3.8) is 0 Å². The van der Waals surface area contributed by atoms with E-state index in [2.05, 4.69) is 41.9 Å². The van der Waals surface area contributed by atoms with E-state index in [0.29, 0.717) is 22.0 Å². The second-order valence-electron chi connectivity index (χ2n) is 5.94. The Labute approximate surface area is 168 Å². The molecule has 0 aliphatic heterocycles. The minimum Gasteiger partial charge on any atom is -0.444 e. The summed E-state index contributed by atoms with van der Waals surface area (Å²) < 4.78 is 7.41. The van der Waals surface area contributed by atoms with E-state index in [9.17, 15) is 4.79 Å². The van der Waals surface area contributed by atoms with Gasteiger partial charge in [0, 0.05) is 17.6 Å². The number of aryl methyl sites for hydroxylation is 1. The maximum absolute atomic E-state index is 12.1. The molecule has 140 valence electrons. The van der Waals surface area contributed by atoms with Crippen LogP contribution < -0.4 is 10.6 Å². The van der Waals surface area contributed by atoms with Crippen LogP contribution in [-0.2, 0) is 0 Å². The first-order valence-corrected chi connectivity index (χ1v) is 9.16. The lowest BCUT2D eigenvalue weighted by Gasteiger charge is -2.08. The number of hydrogen-bond acceptors (Lipinski definition) is 6. The molecule has 0 saturated heterocycles. The van der Waals surface area contributed by atoms with Gasteiger partial charge in [0.15, 0.2) is 22.1 Å². The summed E-state index contributed by atoms with van der Waals surface area (Å²) >= 11 is 3.17. The SMILES string of the molecule is Cc1ccn(-c2ccc(Nc3ccc(NC(=O)c4ccc(Br)o4)cc3)nn2)n1. The molecule has 0 fully saturated rings. The van der Waals surface area contributed by atoms with E-state index < -0.39 is 0 Å². The Morgan fingerprint density at radius 3 is 2.39 bits per heavy atom. The standard InChI is InChI=1S/C19H15BrN6O2/c1-12-10-11-26(25-12)18-9-8-17(23-24-18)21-13-2-4-14(5-3-13)22-19(27)15-6-7-16(20)28-15/h2-11H,1H3,(H,21,23)(H,22,27). The molecule has 0 aliphatic carbocycles. The number of nitrogens with one attached hydrogen (secondary N) is 2. The molecule has 1 aromatic carbocycles. The lowest BCUT2D eigenvalue weighted by atomic mass is 10.2. The quantitative estimate of drug-likeness (QED) is 0.481. The molecule has 0 atom stereocenters. The van der Waals surface area contributed by atoms with Gasteiger partial charge in [0.1, 0.15) is 0 Å². The van der Waals surface area contributed by atoms with E-state index in [-0.39, 0.29) is 11.7 Å². The van der Waals surface area contributed by atoms with E-state index in [1.165, 1.54) is 0 Å². The largest absolute Gasteiger partial charge is 0.444 e. The van der Waals surface area contributed by atoms with Crippen LogP contribution in [0.2, 0.25) is 0 Å². The van der Waals surface area contributed by atoms with Gasteiger partial charge in [0.25, 0.3) is 5.91 Å². The summed E-state index contributed by atoms with van der Waals surface area (Å²) in [5.74, 6) is 1.16. The minimum atomic E-state index is -0.318. The van der Waals surface area contributed by atoms with E-state index >= 15 is 0 Å². The van der Waals surface area contributed by atoms with E-state index in [0.717, 1.165) is 11.4 Å². The van der Waals surface area contributed by atoms with Crippen molar-refractivity contribution in [3.8, 4) is 5.82 Å². The molecule has 9 heteroatoms. The van der Waals surface area contributed by atoms with Crippen molar-refractivity contribution < 1.29 is 9.21 Å². The highest BCUT2D eigenvalue weighted by atomic mass is 79.9. The molecule has 0 saturated carbocycles. The lowest BCUT2D eigenvalue weighted by molar-refractivity contribution is 0.0995. The molecule has 2 N–H and O–H groups in total. The van der Waals surface area contributed by atoms with Crippen LogP contribution in [0.1, 0.15) is 16.2 Å². The van der Waals surface area contributed by atoms with Crippen LogP contribution >= 0.6 is 15.9 Å². The third kappa shape index (κ3) is 4.09. The summed E-state index contributed by atoms with van der Waals surface area (Å²) in [6.07, 6.45) is 1.83. The van der Waals surface area contributed by atoms with Gasteiger partial charge in [-0.15, -0.1) is 10.2 Å². The average Bonchev–Trinajstić information content (AvgIpc) is 3.32. The smallest absolute Gasteiger partial charge is 0.291 e. The Kier molecular flexibility index (Phi) is 4.90. The zero-order chi connectivity index (χ0) is 19.5. The molecule has 4 aromatic rings. The molecule has 4 rings (SSSR count). The number of amides is 1. The monoisotopic (exact) mass is 438 g/mol. The van der Waals surface area contributed by atoms with Crippen LogP contribution in [0.4, 0.5) is 17.2 Å². The van der Waals surface area contributed by atoms with Crippen LogP contribution in [0.5, 0.6) is 0 Å². The molecule has 8 nitrogen and oxygen atoms in total. The fourth-order valence-corrected chi connectivity index (χ4v) is 2.78. The van der Waals surface area contributed by atoms with Crippen molar-refractivity contribution >= 4 is 39.0 Å². The zero-order valence-corrected chi connectivity index (χ0v) is 16.3. The first-order valence-electron chi connectivity index (χ1n) is 8.37. The number of hydrogen-bond donors (Lipinski definition) is 2. The Balaban J connectivity index is 1.39. The van der Waals surface area contributed by atoms with Crippen LogP contribution in [0, 0.1) is 6.92 Å². The molecule has 28 heavy (non-hydrogen) atoms. The van der Waals surface area contributed by atoms with Crippen molar-refractivity contribution in [2.24, 2.45) is 0 Å². The topological polar surface area (TPSA) is 97.9 Å². The highest BCUT2D eigenvalue weighted by Gasteiger charge is 2.10. The highest BCUT2D eigenvalue weighted by Crippen LogP contribution is 2.19. The third-order valence-electron chi connectivity index (χ3n) is 3.82. The number of nitrogens with zero attached hydrogens (tertiary/aromatic N) is 4. The van der Waals surface area contributed by atoms with Crippen LogP contribution in [0.25, 0.3) is 5.82 Å². The maximum Gasteiger partial charge on any atom is 0.291 e. The molecule has 3 aromatic heterocycles. The van der Waals surface area contributed by atoms with Gasteiger partial charge in [0.2, 0.25) is 0 Å². The van der Waals surface area contributed by atoms with E-state index in [4.69, 9.17) is 4.42 Å². The average molecular weight is 439 g/mol. The molecule has 0 aliphatic rings. The van der Waals surface area contributed by atoms with Gasteiger partial charge in [-0.3, -0.25) is 4.79 Å². The number of benzene rings is 1. The van der Waals surface area contributed by atoms with Gasteiger partial charge in [0.05, 0.1) is 5.69 Å². The van der Waals surface area contributed by atoms with Gasteiger partial charge < -0.3 is 15.1 Å². The van der Waals surface area contributed by atoms with Crippen LogP contribution in [-0.4, -0.2) is 25.9 Å². The summed E-state index contributed by atoms with van der Waals surface area (Å²) in [6.45, 7) is 1.92. The van der Waals surface area contributed by atoms with Crippen LogP contribution in [0.3, 0.4) is 0 Å². The van der Waals surface area contributed by atoms with Gasteiger partial charge in [-0.05, 0) is 77.5 Å². The normalized spacial score (nSPS) is 10.6. The molecule has 0 spiro atoms. The highest BCUT2D eigenvalue weighted by molar-refractivity contribution is 9.10. The lowest BCUT2D eigenvalue weighted by Crippen LogP contribution is -2.10. The van der Waals surface area contributed by atoms with Crippen molar-refractivity contribution in [3.05, 3.63) is 76.9 Å². The first-order chi connectivity index (χ1) is 13.6. The predicted octanol–water partition coefficient (Wildman–Crippen LogP) is 4.32. The number of carbonyl (C=O) groups excluding carboxylic acids is 1. The van der Waals surface area contributed by atoms with Gasteiger partial charge >= 0.3 is 0 Å². The molecule has 3 heterocycles. The number of rotatable bonds is 5. The third-order valence-corrected chi connectivity index (χ3v) is 4.25. The fraction of sp³-hybridized carbons (Fsp3) is 0.0526. The Hall–Kier alpha value is -3.46. The molecular formula is C19H15BrN6O2. The van der Waals surface area contributed by atoms with Gasteiger partial charge in [-0.25, -0.2) is 4.68 Å². The van der Waals surface area contributed by atoms with Gasteiger partial charge in [-0.1, -0.05) is 0 Å². The summed E-state index contributed by atoms with van der Waals surface area (Å²) in [4.78, 5) is 12.1. The molecule has 0 unspecified atom stereocenters. The second kappa shape index (κ2) is 7.65. The summed E-state index contributed by atoms with van der Waals surface area (Å²) in [5.41, 5.74) is 2.38. The number of carbonyl (C=O) groups is 1. The van der Waals surface area contributed by atoms with Crippen LogP contribution in [0.15, 0.2) is 69.9 Å². The zero-order valence-electron chi connectivity index (χ0n) is 14.8. The van der Waals surface area contributed by atoms with Crippen molar-refractivity contribution in [2.45, 2.75) is 6.92 Å². The summed E-state index contributed by atoms with van der Waals surface area (Å²) in [7, 11) is 0. The second-order valence-corrected chi connectivity index (χ2v) is 6.72. The summed E-state index contributed by atoms with van der Waals surface area (Å²) in [5, 5.41) is 18.6. The summed E-state index contributed by atoms with van der Waals surface area (Å²) in [6, 6.07) is 16.1. The molecule has 0 bridgehead atoms. The predicted molar refractivity (Wildman–Crippen MR) is 108 cm³/mol. The first kappa shape index (κ1) is 17.9. The molecule has 1 amide bonds. The van der Waals surface area contributed by atoms with Crippen molar-refractivity contribution in [2.75, 3.05) is 10.6 Å². The Bertz CT molecular complexity index is 1100. The van der Waals surface area contributed by atoms with Gasteiger partial charge in [-0.2, -0.15) is 5.10 Å².